The molecule has 0 aliphatic carbocycles. The van der Waals surface area contributed by atoms with E-state index < -0.39 is 6.04 Å². The number of hydrogen-bond acceptors (Lipinski definition) is 4. The maximum atomic E-state index is 12.9. The highest BCUT2D eigenvalue weighted by molar-refractivity contribution is 6.03. The summed E-state index contributed by atoms with van der Waals surface area (Å²) in [4.78, 5) is 29.3. The molecule has 3 aromatic rings. The number of benzene rings is 2. The third-order valence-electron chi connectivity index (χ3n) is 4.20. The van der Waals surface area contributed by atoms with Gasteiger partial charge in [-0.25, -0.2) is 4.98 Å². The van der Waals surface area contributed by atoms with Gasteiger partial charge in [0.2, 0.25) is 17.8 Å². The molecule has 25 heavy (non-hydrogen) atoms. The van der Waals surface area contributed by atoms with Gasteiger partial charge in [0.1, 0.15) is 11.8 Å². The molecule has 1 aliphatic rings. The van der Waals surface area contributed by atoms with Crippen molar-refractivity contribution in [1.29, 1.82) is 0 Å². The number of rotatable bonds is 3. The molecule has 2 amide bonds. The summed E-state index contributed by atoms with van der Waals surface area (Å²) >= 11 is 0. The van der Waals surface area contributed by atoms with Crippen LogP contribution in [0.3, 0.4) is 0 Å². The Bertz CT molecular complexity index is 979. The number of ether oxygens (including phenoxy) is 1. The summed E-state index contributed by atoms with van der Waals surface area (Å²) in [5.74, 6) is 0.427. The number of imidazole rings is 1. The van der Waals surface area contributed by atoms with Gasteiger partial charge in [0.05, 0.1) is 30.3 Å². The molecule has 126 valence electrons. The molecule has 0 saturated carbocycles. The first kappa shape index (κ1) is 15.2. The maximum Gasteiger partial charge on any atom is 0.248 e. The van der Waals surface area contributed by atoms with Crippen LogP contribution in [0.15, 0.2) is 48.5 Å². The molecule has 0 unspecified atom stereocenters. The smallest absolute Gasteiger partial charge is 0.248 e. The average molecular weight is 336 g/mol. The van der Waals surface area contributed by atoms with E-state index in [-0.39, 0.29) is 18.2 Å². The number of fused-ring (bicyclic) bond motifs is 3. The van der Waals surface area contributed by atoms with Gasteiger partial charge in [-0.15, -0.1) is 0 Å². The number of nitrogens with zero attached hydrogens (tertiary/aromatic N) is 2. The highest BCUT2D eigenvalue weighted by Gasteiger charge is 2.33. The second-order valence-corrected chi connectivity index (χ2v) is 5.75. The summed E-state index contributed by atoms with van der Waals surface area (Å²) in [6, 6.07) is 14.0. The van der Waals surface area contributed by atoms with E-state index in [1.807, 2.05) is 36.4 Å². The first-order valence-corrected chi connectivity index (χ1v) is 7.88. The highest BCUT2D eigenvalue weighted by atomic mass is 16.5. The van der Waals surface area contributed by atoms with Crippen molar-refractivity contribution < 1.29 is 14.3 Å². The molecule has 0 bridgehead atoms. The molecule has 1 aromatic heterocycles. The van der Waals surface area contributed by atoms with E-state index in [0.29, 0.717) is 17.4 Å². The largest absolute Gasteiger partial charge is 0.495 e. The zero-order valence-corrected chi connectivity index (χ0v) is 13.5. The zero-order chi connectivity index (χ0) is 17.4. The van der Waals surface area contributed by atoms with Crippen LogP contribution < -0.4 is 15.4 Å². The first-order chi connectivity index (χ1) is 12.2. The van der Waals surface area contributed by atoms with Crippen LogP contribution in [0, 0.1) is 0 Å². The molecule has 4 rings (SSSR count). The Labute approximate surface area is 143 Å². The maximum absolute atomic E-state index is 12.9. The van der Waals surface area contributed by atoms with Gasteiger partial charge in [-0.3, -0.25) is 19.5 Å². The van der Waals surface area contributed by atoms with Crippen LogP contribution in [0.2, 0.25) is 0 Å². The van der Waals surface area contributed by atoms with E-state index in [4.69, 9.17) is 4.74 Å². The quantitative estimate of drug-likeness (QED) is 0.770. The lowest BCUT2D eigenvalue weighted by Crippen LogP contribution is -2.35. The predicted octanol–water partition coefficient (Wildman–Crippen LogP) is 2.57. The number of nitrogens with one attached hydrogen (secondary N) is 2. The summed E-state index contributed by atoms with van der Waals surface area (Å²) in [6.45, 7) is 0. The molecular formula is C18H16N4O3. The minimum Gasteiger partial charge on any atom is -0.495 e. The van der Waals surface area contributed by atoms with Crippen LogP contribution in [0.4, 0.5) is 11.6 Å². The standard InChI is InChI=1S/C18H16N4O3/c1-25-15-9-5-3-7-12(15)19-17(24)14-10-16(23)21-18-20-11-6-2-4-8-13(11)22(14)18/h2-9,14H,10H2,1H3,(H,19,24)(H,20,21,23)/t14-/m0/s1. The van der Waals surface area contributed by atoms with E-state index in [9.17, 15) is 9.59 Å². The Morgan fingerprint density at radius 1 is 1.24 bits per heavy atom. The molecule has 2 heterocycles. The van der Waals surface area contributed by atoms with Crippen molar-refractivity contribution in [3.63, 3.8) is 0 Å². The topological polar surface area (TPSA) is 85.2 Å². The van der Waals surface area contributed by atoms with Gasteiger partial charge in [-0.1, -0.05) is 24.3 Å². The van der Waals surface area contributed by atoms with Crippen molar-refractivity contribution in [2.45, 2.75) is 12.5 Å². The Morgan fingerprint density at radius 2 is 2.00 bits per heavy atom. The van der Waals surface area contributed by atoms with E-state index >= 15 is 0 Å². The Kier molecular flexibility index (Phi) is 3.61. The number of para-hydroxylation sites is 4. The number of carbonyl (C=O) groups excluding carboxylic acids is 2. The van der Waals surface area contributed by atoms with Crippen LogP contribution in [0.1, 0.15) is 12.5 Å². The number of amides is 2. The van der Waals surface area contributed by atoms with Crippen molar-refractivity contribution in [3.8, 4) is 5.75 Å². The second kappa shape index (κ2) is 5.94. The Hall–Kier alpha value is -3.35. The normalized spacial score (nSPS) is 16.2. The van der Waals surface area contributed by atoms with Gasteiger partial charge in [0.25, 0.3) is 0 Å². The van der Waals surface area contributed by atoms with Gasteiger partial charge < -0.3 is 10.1 Å². The molecular weight excluding hydrogens is 320 g/mol. The first-order valence-electron chi connectivity index (χ1n) is 7.88. The minimum atomic E-state index is -0.680. The zero-order valence-electron chi connectivity index (χ0n) is 13.5. The van der Waals surface area contributed by atoms with Crippen molar-refractivity contribution in [1.82, 2.24) is 9.55 Å². The highest BCUT2D eigenvalue weighted by Crippen LogP contribution is 2.32. The van der Waals surface area contributed by atoms with E-state index in [0.717, 1.165) is 11.0 Å². The SMILES string of the molecule is COc1ccccc1NC(=O)[C@@H]1CC(=O)Nc2nc3ccccc3n21. The summed E-state index contributed by atoms with van der Waals surface area (Å²) < 4.78 is 7.03. The molecule has 7 heteroatoms. The molecule has 0 spiro atoms. The minimum absolute atomic E-state index is 0.0499. The summed E-state index contributed by atoms with van der Waals surface area (Å²) in [7, 11) is 1.54. The summed E-state index contributed by atoms with van der Waals surface area (Å²) in [6.07, 6.45) is 0.0499. The number of carbonyl (C=O) groups is 2. The molecule has 0 radical (unpaired) electrons. The van der Waals surface area contributed by atoms with Gasteiger partial charge >= 0.3 is 0 Å². The number of aromatic nitrogens is 2. The number of methoxy groups -OCH3 is 1. The van der Waals surface area contributed by atoms with Crippen molar-refractivity contribution >= 4 is 34.5 Å². The molecule has 2 aromatic carbocycles. The predicted molar refractivity (Wildman–Crippen MR) is 93.6 cm³/mol. The van der Waals surface area contributed by atoms with Crippen LogP contribution >= 0.6 is 0 Å². The van der Waals surface area contributed by atoms with Gasteiger partial charge in [0.15, 0.2) is 0 Å². The molecule has 7 nitrogen and oxygen atoms in total. The van der Waals surface area contributed by atoms with Crippen LogP contribution in [0.5, 0.6) is 5.75 Å². The summed E-state index contributed by atoms with van der Waals surface area (Å²) in [5.41, 5.74) is 2.10. The fraction of sp³-hybridized carbons (Fsp3) is 0.167. The van der Waals surface area contributed by atoms with Crippen LogP contribution in [-0.2, 0) is 9.59 Å². The Balaban J connectivity index is 1.73. The molecule has 0 fully saturated rings. The molecule has 1 atom stereocenters. The number of anilines is 2. The van der Waals surface area contributed by atoms with Crippen molar-refractivity contribution in [3.05, 3.63) is 48.5 Å². The van der Waals surface area contributed by atoms with E-state index in [2.05, 4.69) is 15.6 Å². The Morgan fingerprint density at radius 3 is 2.84 bits per heavy atom. The lowest BCUT2D eigenvalue weighted by molar-refractivity contribution is -0.124. The third-order valence-corrected chi connectivity index (χ3v) is 4.20. The fourth-order valence-corrected chi connectivity index (χ4v) is 3.06. The molecule has 0 saturated heterocycles. The monoisotopic (exact) mass is 336 g/mol. The van der Waals surface area contributed by atoms with Crippen LogP contribution in [0.25, 0.3) is 11.0 Å². The van der Waals surface area contributed by atoms with Crippen LogP contribution in [-0.4, -0.2) is 28.5 Å². The second-order valence-electron chi connectivity index (χ2n) is 5.75. The van der Waals surface area contributed by atoms with Crippen molar-refractivity contribution in [2.75, 3.05) is 17.7 Å². The molecule has 1 aliphatic heterocycles. The van der Waals surface area contributed by atoms with Gasteiger partial charge in [-0.05, 0) is 24.3 Å². The van der Waals surface area contributed by atoms with E-state index in [1.54, 1.807) is 23.8 Å². The van der Waals surface area contributed by atoms with Crippen molar-refractivity contribution in [2.24, 2.45) is 0 Å². The number of hydrogen-bond donors (Lipinski definition) is 2. The van der Waals surface area contributed by atoms with Gasteiger partial charge in [-0.2, -0.15) is 0 Å². The van der Waals surface area contributed by atoms with Gasteiger partial charge in [0, 0.05) is 0 Å². The fourth-order valence-electron chi connectivity index (χ4n) is 3.06. The average Bonchev–Trinajstić information content (AvgIpc) is 2.99. The van der Waals surface area contributed by atoms with E-state index in [1.165, 1.54) is 0 Å². The summed E-state index contributed by atoms with van der Waals surface area (Å²) in [5, 5.41) is 5.58. The lowest BCUT2D eigenvalue weighted by Gasteiger charge is -2.25. The third kappa shape index (κ3) is 2.59. The lowest BCUT2D eigenvalue weighted by atomic mass is 10.1. The molecule has 2 N–H and O–H groups in total.